The van der Waals surface area contributed by atoms with E-state index in [1.807, 2.05) is 0 Å². The summed E-state index contributed by atoms with van der Waals surface area (Å²) in [5.74, 6) is 0. The van der Waals surface area contributed by atoms with Gasteiger partial charge in [0.2, 0.25) is 0 Å². The predicted molar refractivity (Wildman–Crippen MR) is 10.7 cm³/mol. The number of hydrogen-bond donors (Lipinski definition) is 2. The van der Waals surface area contributed by atoms with E-state index in [-0.39, 0.29) is 26.2 Å². The molecule has 0 atom stereocenters. The molecule has 0 aliphatic heterocycles. The molecule has 0 aliphatic carbocycles. The van der Waals surface area contributed by atoms with Gasteiger partial charge in [-0.25, -0.2) is 4.79 Å². The molecule has 0 spiro atoms. The Balaban J connectivity index is 0. The summed E-state index contributed by atoms with van der Waals surface area (Å²) in [7, 11) is 0. The molecule has 0 bridgehead atoms. The van der Waals surface area contributed by atoms with Crippen LogP contribution in [0.2, 0.25) is 0 Å². The Kier molecular flexibility index (Phi) is 7.43. The average molecular weight is 153 g/mol. The normalized spacial score (nSPS) is 4.80. The Morgan fingerprint density at radius 1 is 1.40 bits per heavy atom. The van der Waals surface area contributed by atoms with Gasteiger partial charge in [0.15, 0.2) is 0 Å². The molecule has 3 nitrogen and oxygen atoms in total. The van der Waals surface area contributed by atoms with Crippen LogP contribution in [0.15, 0.2) is 0 Å². The Labute approximate surface area is 47.7 Å². The topological polar surface area (TPSA) is 57.5 Å². The Hall–Kier alpha value is 0.153. The molecule has 2 N–H and O–H groups in total. The molecular formula is CH2O3Zr. The summed E-state index contributed by atoms with van der Waals surface area (Å²) in [5, 5.41) is 13.9. The van der Waals surface area contributed by atoms with E-state index < -0.39 is 6.16 Å². The standard InChI is InChI=1S/CH2O3.Zr/c2-1(3)4;/h(H2,2,3,4);. The molecule has 0 heterocycles. The zero-order valence-corrected chi connectivity index (χ0v) is 4.76. The first-order chi connectivity index (χ1) is 1.73. The number of carboxylic acid groups (broad SMARTS) is 2. The van der Waals surface area contributed by atoms with Crippen LogP contribution in [-0.2, 0) is 26.2 Å². The maximum Gasteiger partial charge on any atom is 0.503 e. The van der Waals surface area contributed by atoms with Gasteiger partial charge in [-0.05, 0) is 0 Å². The van der Waals surface area contributed by atoms with Gasteiger partial charge in [-0.15, -0.1) is 0 Å². The van der Waals surface area contributed by atoms with Crippen molar-refractivity contribution in [3.05, 3.63) is 0 Å². The first-order valence-corrected chi connectivity index (χ1v) is 0.651. The molecule has 0 rings (SSSR count). The van der Waals surface area contributed by atoms with Crippen molar-refractivity contribution in [3.8, 4) is 0 Å². The second kappa shape index (κ2) is 4.15. The van der Waals surface area contributed by atoms with Crippen molar-refractivity contribution in [1.29, 1.82) is 0 Å². The molecular weight excluding hydrogens is 151 g/mol. The van der Waals surface area contributed by atoms with Gasteiger partial charge in [-0.3, -0.25) is 0 Å². The van der Waals surface area contributed by atoms with Crippen LogP contribution in [0.25, 0.3) is 0 Å². The average Bonchev–Trinajstić information content (AvgIpc) is 0.811. The summed E-state index contributed by atoms with van der Waals surface area (Å²) in [6.07, 6.45) is -1.83. The molecule has 5 heavy (non-hydrogen) atoms. The largest absolute Gasteiger partial charge is 0.503 e. The summed E-state index contributed by atoms with van der Waals surface area (Å²) < 4.78 is 0. The van der Waals surface area contributed by atoms with Gasteiger partial charge in [-0.1, -0.05) is 0 Å². The Bertz CT molecular complexity index is 29.9. The summed E-state index contributed by atoms with van der Waals surface area (Å²) >= 11 is 0. The van der Waals surface area contributed by atoms with E-state index in [9.17, 15) is 0 Å². The van der Waals surface area contributed by atoms with Crippen molar-refractivity contribution in [2.24, 2.45) is 0 Å². The van der Waals surface area contributed by atoms with Gasteiger partial charge < -0.3 is 10.2 Å². The molecule has 0 aliphatic rings. The fraction of sp³-hybridized carbons (Fsp3) is 0. The first kappa shape index (κ1) is 8.94. The van der Waals surface area contributed by atoms with Crippen molar-refractivity contribution in [2.45, 2.75) is 0 Å². The monoisotopic (exact) mass is 152 g/mol. The van der Waals surface area contributed by atoms with Crippen LogP contribution in [0, 0.1) is 0 Å². The third kappa shape index (κ3) is 821. The zero-order valence-electron chi connectivity index (χ0n) is 2.30. The molecule has 0 saturated heterocycles. The second-order valence-electron chi connectivity index (χ2n) is 0.283. The van der Waals surface area contributed by atoms with Crippen LogP contribution in [0.5, 0.6) is 0 Å². The molecule has 0 radical (unpaired) electrons. The molecule has 0 unspecified atom stereocenters. The molecule has 28 valence electrons. The Morgan fingerprint density at radius 3 is 1.40 bits per heavy atom. The van der Waals surface area contributed by atoms with Gasteiger partial charge >= 0.3 is 6.16 Å². The quantitative estimate of drug-likeness (QED) is 0.523. The number of rotatable bonds is 0. The zero-order chi connectivity index (χ0) is 3.58. The first-order valence-electron chi connectivity index (χ1n) is 0.651. The van der Waals surface area contributed by atoms with Crippen LogP contribution in [0.3, 0.4) is 0 Å². The van der Waals surface area contributed by atoms with Crippen LogP contribution in [0.4, 0.5) is 4.79 Å². The van der Waals surface area contributed by atoms with Crippen molar-refractivity contribution in [2.75, 3.05) is 0 Å². The van der Waals surface area contributed by atoms with E-state index >= 15 is 0 Å². The minimum absolute atomic E-state index is 0. The molecule has 0 fully saturated rings. The summed E-state index contributed by atoms with van der Waals surface area (Å²) in [4.78, 5) is 8.56. The van der Waals surface area contributed by atoms with E-state index in [4.69, 9.17) is 15.0 Å². The van der Waals surface area contributed by atoms with E-state index in [0.717, 1.165) is 0 Å². The van der Waals surface area contributed by atoms with Gasteiger partial charge in [-0.2, -0.15) is 0 Å². The predicted octanol–water partition coefficient (Wildman–Crippen LogP) is 0.220. The summed E-state index contributed by atoms with van der Waals surface area (Å²) in [5.41, 5.74) is 0. The third-order valence-electron chi connectivity index (χ3n) is 0. The minimum Gasteiger partial charge on any atom is -0.450 e. The maximum atomic E-state index is 8.56. The van der Waals surface area contributed by atoms with Gasteiger partial charge in [0, 0.05) is 26.2 Å². The maximum absolute atomic E-state index is 8.56. The smallest absolute Gasteiger partial charge is 0.450 e. The van der Waals surface area contributed by atoms with Crippen LogP contribution in [-0.4, -0.2) is 16.4 Å². The molecule has 0 aromatic rings. The van der Waals surface area contributed by atoms with Crippen molar-refractivity contribution >= 4 is 6.16 Å². The van der Waals surface area contributed by atoms with Crippen molar-refractivity contribution < 1.29 is 41.2 Å². The number of hydrogen-bond acceptors (Lipinski definition) is 1. The summed E-state index contributed by atoms with van der Waals surface area (Å²) in [6, 6.07) is 0. The van der Waals surface area contributed by atoms with Crippen LogP contribution < -0.4 is 0 Å². The molecule has 0 aromatic carbocycles. The van der Waals surface area contributed by atoms with E-state index in [0.29, 0.717) is 0 Å². The fourth-order valence-corrected chi connectivity index (χ4v) is 0. The van der Waals surface area contributed by atoms with Crippen LogP contribution in [0.1, 0.15) is 0 Å². The minimum atomic E-state index is -1.83. The number of carbonyl (C=O) groups is 1. The van der Waals surface area contributed by atoms with E-state index in [1.165, 1.54) is 0 Å². The summed E-state index contributed by atoms with van der Waals surface area (Å²) in [6.45, 7) is 0. The molecule has 0 amide bonds. The van der Waals surface area contributed by atoms with E-state index in [1.54, 1.807) is 0 Å². The molecule has 4 heteroatoms. The van der Waals surface area contributed by atoms with Gasteiger partial charge in [0.1, 0.15) is 0 Å². The third-order valence-corrected chi connectivity index (χ3v) is 0. The fourth-order valence-electron chi connectivity index (χ4n) is 0. The van der Waals surface area contributed by atoms with Gasteiger partial charge in [0.25, 0.3) is 0 Å². The van der Waals surface area contributed by atoms with Crippen molar-refractivity contribution in [1.82, 2.24) is 0 Å². The Morgan fingerprint density at radius 2 is 1.40 bits per heavy atom. The van der Waals surface area contributed by atoms with Gasteiger partial charge in [0.05, 0.1) is 0 Å². The molecule has 0 aromatic heterocycles. The van der Waals surface area contributed by atoms with Crippen molar-refractivity contribution in [3.63, 3.8) is 0 Å². The second-order valence-corrected chi connectivity index (χ2v) is 0.283. The molecule has 0 saturated carbocycles. The SMILES string of the molecule is O=C(O)O.[Zr]. The van der Waals surface area contributed by atoms with Crippen LogP contribution >= 0.6 is 0 Å². The van der Waals surface area contributed by atoms with E-state index in [2.05, 4.69) is 0 Å².